The molecule has 10 aromatic rings. The molecular weight excluding hydrogens is 593 g/mol. The van der Waals surface area contributed by atoms with Gasteiger partial charge >= 0.3 is 0 Å². The minimum absolute atomic E-state index is 0.0600. The number of furan rings is 1. The van der Waals surface area contributed by atoms with E-state index >= 15 is 0 Å². The fourth-order valence-electron chi connectivity index (χ4n) is 6.82. The van der Waals surface area contributed by atoms with Gasteiger partial charge in [-0.1, -0.05) is 169 Å². The fourth-order valence-corrected chi connectivity index (χ4v) is 6.82. The molecular formula is C48H30O. The maximum absolute atomic E-state index is 9.60. The van der Waals surface area contributed by atoms with Gasteiger partial charge in [0.1, 0.15) is 11.3 Å². The number of hydrogen-bond acceptors (Lipinski definition) is 1. The molecule has 0 aliphatic carbocycles. The van der Waals surface area contributed by atoms with E-state index in [1.807, 2.05) is 42.5 Å². The summed E-state index contributed by atoms with van der Waals surface area (Å²) >= 11 is 0. The fraction of sp³-hybridized carbons (Fsp3) is 0. The molecule has 228 valence electrons. The highest BCUT2D eigenvalue weighted by molar-refractivity contribution is 6.25. The molecule has 1 nitrogen and oxygen atoms in total. The van der Waals surface area contributed by atoms with Crippen LogP contribution >= 0.6 is 0 Å². The molecule has 1 aromatic heterocycles. The predicted octanol–water partition coefficient (Wildman–Crippen LogP) is 13.7. The first-order valence-electron chi connectivity index (χ1n) is 24.4. The average Bonchev–Trinajstić information content (AvgIpc) is 3.71. The van der Waals surface area contributed by atoms with E-state index < -0.39 is 131 Å². The highest BCUT2D eigenvalue weighted by Crippen LogP contribution is 2.51. The lowest BCUT2D eigenvalue weighted by Gasteiger charge is -2.18. The zero-order valence-electron chi connectivity index (χ0n) is 43.3. The Kier molecular flexibility index (Phi) is 3.43. The van der Waals surface area contributed by atoms with Gasteiger partial charge in [0.05, 0.1) is 24.7 Å². The Morgan fingerprint density at radius 2 is 0.959 bits per heavy atom. The third-order valence-corrected chi connectivity index (χ3v) is 8.88. The first-order valence-corrected chi connectivity index (χ1v) is 15.4. The van der Waals surface area contributed by atoms with Gasteiger partial charge in [0.25, 0.3) is 0 Å². The van der Waals surface area contributed by atoms with Crippen LogP contribution in [-0.4, -0.2) is 0 Å². The van der Waals surface area contributed by atoms with Crippen molar-refractivity contribution in [2.24, 2.45) is 0 Å². The van der Waals surface area contributed by atoms with Crippen LogP contribution in [0, 0.1) is 0 Å². The van der Waals surface area contributed by atoms with Gasteiger partial charge < -0.3 is 4.42 Å². The van der Waals surface area contributed by atoms with Gasteiger partial charge in [-0.3, -0.25) is 0 Å². The van der Waals surface area contributed by atoms with Crippen LogP contribution in [0.1, 0.15) is 24.7 Å². The van der Waals surface area contributed by atoms with Gasteiger partial charge in [-0.25, -0.2) is 0 Å². The van der Waals surface area contributed by atoms with Crippen molar-refractivity contribution in [1.29, 1.82) is 0 Å². The summed E-state index contributed by atoms with van der Waals surface area (Å²) in [6, 6.07) is 9.04. The second-order valence-corrected chi connectivity index (χ2v) is 11.5. The monoisotopic (exact) mass is 640 g/mol. The van der Waals surface area contributed by atoms with Crippen LogP contribution in [-0.2, 0) is 0 Å². The summed E-state index contributed by atoms with van der Waals surface area (Å²) in [5.74, 6) is 0.0621. The minimum Gasteiger partial charge on any atom is -0.455 e. The Morgan fingerprint density at radius 1 is 0.367 bits per heavy atom. The van der Waals surface area contributed by atoms with E-state index in [-0.39, 0.29) is 49.8 Å². The molecule has 10 rings (SSSR count). The lowest BCUT2D eigenvalue weighted by Crippen LogP contribution is -1.92. The van der Waals surface area contributed by atoms with Crippen LogP contribution < -0.4 is 0 Å². The zero-order chi connectivity index (χ0) is 48.0. The Balaban J connectivity index is 1.49. The van der Waals surface area contributed by atoms with Crippen molar-refractivity contribution in [1.82, 2.24) is 0 Å². The van der Waals surface area contributed by atoms with E-state index in [0.717, 1.165) is 16.2 Å². The summed E-state index contributed by atoms with van der Waals surface area (Å²) in [5.41, 5.74) is -0.519. The maximum Gasteiger partial charge on any atom is 0.143 e. The highest BCUT2D eigenvalue weighted by atomic mass is 16.3. The van der Waals surface area contributed by atoms with E-state index in [9.17, 15) is 5.48 Å². The van der Waals surface area contributed by atoms with Gasteiger partial charge in [0.15, 0.2) is 0 Å². The van der Waals surface area contributed by atoms with Crippen LogP contribution in [0.2, 0.25) is 0 Å². The van der Waals surface area contributed by atoms with Crippen molar-refractivity contribution in [3.05, 3.63) is 182 Å². The lowest BCUT2D eigenvalue weighted by atomic mass is 9.84. The van der Waals surface area contributed by atoms with Crippen LogP contribution in [0.4, 0.5) is 0 Å². The van der Waals surface area contributed by atoms with Crippen LogP contribution in [0.15, 0.2) is 186 Å². The molecule has 0 N–H and O–H groups in total. The Morgan fingerprint density at radius 3 is 1.67 bits per heavy atom. The second kappa shape index (κ2) is 11.1. The van der Waals surface area contributed by atoms with Gasteiger partial charge in [-0.2, -0.15) is 0 Å². The molecule has 0 aliphatic heterocycles. The molecule has 0 aliphatic rings. The van der Waals surface area contributed by atoms with E-state index in [0.29, 0.717) is 10.9 Å². The molecule has 1 heterocycles. The van der Waals surface area contributed by atoms with Gasteiger partial charge in [-0.05, 0) is 77.5 Å². The quantitative estimate of drug-likeness (QED) is 0.138. The summed E-state index contributed by atoms with van der Waals surface area (Å²) in [6.07, 6.45) is 0. The molecule has 0 saturated carbocycles. The molecule has 49 heavy (non-hydrogen) atoms. The van der Waals surface area contributed by atoms with Crippen LogP contribution in [0.3, 0.4) is 0 Å². The van der Waals surface area contributed by atoms with Gasteiger partial charge in [-0.15, -0.1) is 0 Å². The first kappa shape index (κ1) is 15.2. The largest absolute Gasteiger partial charge is 0.455 e. The highest BCUT2D eigenvalue weighted by Gasteiger charge is 2.25. The third kappa shape index (κ3) is 4.33. The smallest absolute Gasteiger partial charge is 0.143 e. The molecule has 0 saturated heterocycles. The average molecular weight is 641 g/mol. The van der Waals surface area contributed by atoms with E-state index in [1.165, 1.54) is 18.2 Å². The molecule has 9 aromatic carbocycles. The van der Waals surface area contributed by atoms with E-state index in [2.05, 4.69) is 0 Å². The van der Waals surface area contributed by atoms with Crippen molar-refractivity contribution in [2.75, 3.05) is 0 Å². The molecule has 0 atom stereocenters. The number of benzene rings is 9. The van der Waals surface area contributed by atoms with E-state index in [1.54, 1.807) is 12.1 Å². The minimum atomic E-state index is -0.787. The third-order valence-electron chi connectivity index (χ3n) is 8.88. The first-order chi connectivity index (χ1) is 31.8. The Hall–Kier alpha value is -6.44. The predicted molar refractivity (Wildman–Crippen MR) is 208 cm³/mol. The van der Waals surface area contributed by atoms with Crippen molar-refractivity contribution < 1.29 is 29.1 Å². The van der Waals surface area contributed by atoms with Crippen LogP contribution in [0.25, 0.3) is 98.8 Å². The summed E-state index contributed by atoms with van der Waals surface area (Å²) in [7, 11) is 0. The SMILES string of the molecule is [2H]c1c([2H])c([2H])c(-c2ccc3c(-c4c5c([2H])c([2H])c([2H])c([2H])c5c(-c5c([2H])c([2H])c([2H])c([2H])c5[2H])c5c([2H])c([2H])c([2H])c([2H])c45)c(-c4cccc5c4ccc4ccccc45)oc3c2)c([2H])c1[2H]. The van der Waals surface area contributed by atoms with Gasteiger partial charge in [0, 0.05) is 22.1 Å². The molecule has 0 fully saturated rings. The number of fused-ring (bicyclic) bond motifs is 6. The Labute approximate surface area is 309 Å². The zero-order valence-corrected chi connectivity index (χ0v) is 25.3. The molecule has 0 amide bonds. The summed E-state index contributed by atoms with van der Waals surface area (Å²) < 4.78 is 167. The standard InChI is InChI=1S/C48H30O/c1-3-14-31(15-4-1)34-27-29-43-44(30-34)49-48(42-25-13-24-36-35-19-8-7-16-32(35)26-28-37(36)42)47(43)46-40-22-11-9-20-38(40)45(33-17-5-2-6-18-33)39-21-10-12-23-41(39)46/h1-30H/i1D,2D,3D,4D,5D,6D,9D,10D,11D,12D,14D,15D,17D,18D,20D,21D,22D,23D. The molecule has 0 unspecified atom stereocenters. The van der Waals surface area contributed by atoms with Crippen molar-refractivity contribution >= 4 is 54.1 Å². The summed E-state index contributed by atoms with van der Waals surface area (Å²) in [5, 5.41) is 2.07. The molecule has 0 spiro atoms. The molecule has 0 radical (unpaired) electrons. The summed E-state index contributed by atoms with van der Waals surface area (Å²) in [6.45, 7) is 0. The van der Waals surface area contributed by atoms with Gasteiger partial charge in [0.2, 0.25) is 0 Å². The summed E-state index contributed by atoms with van der Waals surface area (Å²) in [4.78, 5) is 0. The lowest BCUT2D eigenvalue weighted by molar-refractivity contribution is 0.633. The van der Waals surface area contributed by atoms with Crippen molar-refractivity contribution in [3.8, 4) is 44.7 Å². The van der Waals surface area contributed by atoms with Crippen molar-refractivity contribution in [3.63, 3.8) is 0 Å². The second-order valence-electron chi connectivity index (χ2n) is 11.5. The molecule has 0 bridgehead atoms. The topological polar surface area (TPSA) is 13.1 Å². The normalized spacial score (nSPS) is 16.8. The maximum atomic E-state index is 9.60. The molecule has 1 heteroatoms. The van der Waals surface area contributed by atoms with Crippen molar-refractivity contribution in [2.45, 2.75) is 0 Å². The number of rotatable bonds is 4. The Bertz CT molecular complexity index is 3770. The number of hydrogen-bond donors (Lipinski definition) is 0. The van der Waals surface area contributed by atoms with E-state index in [4.69, 9.17) is 23.6 Å². The van der Waals surface area contributed by atoms with Crippen LogP contribution in [0.5, 0.6) is 0 Å².